The molecule has 0 spiro atoms. The molecule has 0 aliphatic carbocycles. The summed E-state index contributed by atoms with van der Waals surface area (Å²) in [5.41, 5.74) is 1.14. The summed E-state index contributed by atoms with van der Waals surface area (Å²) in [5.74, 6) is 0.454. The Labute approximate surface area is 181 Å². The summed E-state index contributed by atoms with van der Waals surface area (Å²) >= 11 is 5.86. The zero-order chi connectivity index (χ0) is 21.6. The highest BCUT2D eigenvalue weighted by Crippen LogP contribution is 2.33. The van der Waals surface area contributed by atoms with Crippen LogP contribution in [0.15, 0.2) is 78.9 Å². The lowest BCUT2D eigenvalue weighted by Gasteiger charge is -2.24. The van der Waals surface area contributed by atoms with Crippen molar-refractivity contribution in [2.45, 2.75) is 6.54 Å². The van der Waals surface area contributed by atoms with E-state index in [1.54, 1.807) is 60.7 Å². The maximum absolute atomic E-state index is 12.5. The van der Waals surface area contributed by atoms with Gasteiger partial charge in [-0.1, -0.05) is 54.1 Å². The van der Waals surface area contributed by atoms with Gasteiger partial charge in [0.25, 0.3) is 0 Å². The summed E-state index contributed by atoms with van der Waals surface area (Å²) in [6.45, 7) is -0.114. The number of hydrogen-bond donors (Lipinski definition) is 1. The van der Waals surface area contributed by atoms with E-state index in [4.69, 9.17) is 16.3 Å². The lowest BCUT2D eigenvalue weighted by atomic mass is 10.2. The average Bonchev–Trinajstić information content (AvgIpc) is 2.72. The van der Waals surface area contributed by atoms with E-state index in [9.17, 15) is 13.2 Å². The van der Waals surface area contributed by atoms with Crippen molar-refractivity contribution in [1.29, 1.82) is 0 Å². The fourth-order valence-electron chi connectivity index (χ4n) is 2.74. The second-order valence-electron chi connectivity index (χ2n) is 6.56. The summed E-state index contributed by atoms with van der Waals surface area (Å²) in [6.07, 6.45) is 1.05. The predicted octanol–water partition coefficient (Wildman–Crippen LogP) is 4.21. The van der Waals surface area contributed by atoms with Crippen molar-refractivity contribution in [2.24, 2.45) is 0 Å². The van der Waals surface area contributed by atoms with Crippen LogP contribution in [0.2, 0.25) is 5.02 Å². The molecule has 0 radical (unpaired) electrons. The monoisotopic (exact) mass is 444 g/mol. The molecule has 8 heteroatoms. The normalized spacial score (nSPS) is 11.0. The number of nitrogens with one attached hydrogen (secondary N) is 1. The van der Waals surface area contributed by atoms with Gasteiger partial charge >= 0.3 is 0 Å². The van der Waals surface area contributed by atoms with Gasteiger partial charge in [0.2, 0.25) is 15.9 Å². The number of amides is 1. The van der Waals surface area contributed by atoms with Crippen molar-refractivity contribution >= 4 is 33.2 Å². The second-order valence-corrected chi connectivity index (χ2v) is 8.90. The molecule has 0 aliphatic heterocycles. The molecule has 3 aromatic carbocycles. The Morgan fingerprint density at radius 1 is 0.967 bits per heavy atom. The van der Waals surface area contributed by atoms with Crippen molar-refractivity contribution in [3.05, 3.63) is 89.4 Å². The van der Waals surface area contributed by atoms with E-state index in [1.807, 2.05) is 18.2 Å². The van der Waals surface area contributed by atoms with Crippen LogP contribution in [0.3, 0.4) is 0 Å². The molecular formula is C22H21ClN2O4S. The summed E-state index contributed by atoms with van der Waals surface area (Å²) in [4.78, 5) is 12.5. The van der Waals surface area contributed by atoms with Crippen LogP contribution in [0, 0.1) is 0 Å². The van der Waals surface area contributed by atoms with E-state index in [1.165, 1.54) is 0 Å². The summed E-state index contributed by atoms with van der Waals surface area (Å²) in [6, 6.07) is 22.7. The van der Waals surface area contributed by atoms with E-state index in [0.717, 1.165) is 16.1 Å². The second kappa shape index (κ2) is 9.65. The number of sulfonamides is 1. The number of benzene rings is 3. The topological polar surface area (TPSA) is 75.7 Å². The highest BCUT2D eigenvalue weighted by Gasteiger charge is 2.24. The summed E-state index contributed by atoms with van der Waals surface area (Å²) < 4.78 is 31.8. The Morgan fingerprint density at radius 2 is 1.60 bits per heavy atom. The Balaban J connectivity index is 1.78. The quantitative estimate of drug-likeness (QED) is 0.564. The number of ether oxygens (including phenoxy) is 1. The van der Waals surface area contributed by atoms with Crippen molar-refractivity contribution in [2.75, 3.05) is 17.1 Å². The maximum atomic E-state index is 12.5. The maximum Gasteiger partial charge on any atom is 0.241 e. The lowest BCUT2D eigenvalue weighted by Crippen LogP contribution is -2.40. The number of carbonyl (C=O) groups excluding carboxylic acids is 1. The molecule has 0 heterocycles. The molecule has 3 rings (SSSR count). The minimum atomic E-state index is -3.74. The molecule has 0 fully saturated rings. The number of hydrogen-bond acceptors (Lipinski definition) is 4. The zero-order valence-corrected chi connectivity index (χ0v) is 17.9. The molecule has 30 heavy (non-hydrogen) atoms. The van der Waals surface area contributed by atoms with E-state index in [2.05, 4.69) is 5.32 Å². The van der Waals surface area contributed by atoms with Crippen LogP contribution in [0.4, 0.5) is 5.69 Å². The standard InChI is InChI=1S/C22H21ClN2O4S/c1-30(27,28)25(16-22(26)24-15-17-11-13-18(23)14-12-17)20-9-5-6-10-21(20)29-19-7-3-2-4-8-19/h2-14H,15-16H2,1H3,(H,24,26). The smallest absolute Gasteiger partial charge is 0.241 e. The van der Waals surface area contributed by atoms with Crippen molar-refractivity contribution in [3.63, 3.8) is 0 Å². The average molecular weight is 445 g/mol. The third-order valence-electron chi connectivity index (χ3n) is 4.20. The first kappa shape index (κ1) is 21.7. The van der Waals surface area contributed by atoms with Gasteiger partial charge in [-0.05, 0) is 42.0 Å². The van der Waals surface area contributed by atoms with Gasteiger partial charge in [-0.15, -0.1) is 0 Å². The zero-order valence-electron chi connectivity index (χ0n) is 16.3. The minimum absolute atomic E-state index is 0.260. The van der Waals surface area contributed by atoms with Crippen LogP contribution in [0.1, 0.15) is 5.56 Å². The summed E-state index contributed by atoms with van der Waals surface area (Å²) in [5, 5.41) is 3.33. The number of halogens is 1. The molecule has 0 saturated carbocycles. The molecule has 0 atom stereocenters. The lowest BCUT2D eigenvalue weighted by molar-refractivity contribution is -0.119. The minimum Gasteiger partial charge on any atom is -0.455 e. The highest BCUT2D eigenvalue weighted by atomic mass is 35.5. The molecule has 0 saturated heterocycles. The largest absolute Gasteiger partial charge is 0.455 e. The fraction of sp³-hybridized carbons (Fsp3) is 0.136. The van der Waals surface area contributed by atoms with E-state index in [0.29, 0.717) is 16.5 Å². The molecule has 1 amide bonds. The van der Waals surface area contributed by atoms with Gasteiger partial charge in [0.15, 0.2) is 5.75 Å². The van der Waals surface area contributed by atoms with Crippen molar-refractivity contribution < 1.29 is 17.9 Å². The van der Waals surface area contributed by atoms with E-state index in [-0.39, 0.29) is 18.8 Å². The van der Waals surface area contributed by atoms with Crippen LogP contribution >= 0.6 is 11.6 Å². The molecule has 0 unspecified atom stereocenters. The molecule has 6 nitrogen and oxygen atoms in total. The Kier molecular flexibility index (Phi) is 6.97. The van der Waals surface area contributed by atoms with Gasteiger partial charge in [-0.3, -0.25) is 9.10 Å². The fourth-order valence-corrected chi connectivity index (χ4v) is 3.72. The SMILES string of the molecule is CS(=O)(=O)N(CC(=O)NCc1ccc(Cl)cc1)c1ccccc1Oc1ccccc1. The first-order chi connectivity index (χ1) is 14.3. The number of para-hydroxylation sites is 3. The van der Waals surface area contributed by atoms with Crippen LogP contribution in [-0.4, -0.2) is 27.1 Å². The predicted molar refractivity (Wildman–Crippen MR) is 118 cm³/mol. The van der Waals surface area contributed by atoms with E-state index >= 15 is 0 Å². The van der Waals surface area contributed by atoms with Gasteiger partial charge in [0.1, 0.15) is 12.3 Å². The molecule has 0 aliphatic rings. The van der Waals surface area contributed by atoms with Crippen molar-refractivity contribution in [1.82, 2.24) is 5.32 Å². The molecular weight excluding hydrogens is 424 g/mol. The first-order valence-electron chi connectivity index (χ1n) is 9.14. The number of nitrogens with zero attached hydrogens (tertiary/aromatic N) is 1. The third kappa shape index (κ3) is 5.98. The van der Waals surface area contributed by atoms with E-state index < -0.39 is 15.9 Å². The molecule has 156 valence electrons. The van der Waals surface area contributed by atoms with Gasteiger partial charge in [-0.25, -0.2) is 8.42 Å². The summed E-state index contributed by atoms with van der Waals surface area (Å²) in [7, 11) is -3.74. The van der Waals surface area contributed by atoms with Gasteiger partial charge < -0.3 is 10.1 Å². The Hall–Kier alpha value is -3.03. The number of anilines is 1. The third-order valence-corrected chi connectivity index (χ3v) is 5.57. The van der Waals surface area contributed by atoms with Crippen LogP contribution in [0.25, 0.3) is 0 Å². The first-order valence-corrected chi connectivity index (χ1v) is 11.4. The van der Waals surface area contributed by atoms with Crippen LogP contribution in [0.5, 0.6) is 11.5 Å². The Morgan fingerprint density at radius 3 is 2.27 bits per heavy atom. The van der Waals surface area contributed by atoms with Crippen LogP contribution in [-0.2, 0) is 21.4 Å². The molecule has 0 aromatic heterocycles. The van der Waals surface area contributed by atoms with Crippen molar-refractivity contribution in [3.8, 4) is 11.5 Å². The highest BCUT2D eigenvalue weighted by molar-refractivity contribution is 7.92. The molecule has 1 N–H and O–H groups in total. The van der Waals surface area contributed by atoms with Gasteiger partial charge in [0.05, 0.1) is 11.9 Å². The Bertz CT molecular complexity index is 1100. The number of rotatable bonds is 8. The number of carbonyl (C=O) groups is 1. The molecule has 3 aromatic rings. The van der Waals surface area contributed by atoms with Crippen LogP contribution < -0.4 is 14.4 Å². The van der Waals surface area contributed by atoms with Gasteiger partial charge in [-0.2, -0.15) is 0 Å². The van der Waals surface area contributed by atoms with Gasteiger partial charge in [0, 0.05) is 11.6 Å². The molecule has 0 bridgehead atoms.